The molecular weight excluding hydrogens is 404 g/mol. The predicted molar refractivity (Wildman–Crippen MR) is 113 cm³/mol. The van der Waals surface area contributed by atoms with Gasteiger partial charge in [-0.15, -0.1) is 0 Å². The highest BCUT2D eigenvalue weighted by molar-refractivity contribution is 6.32. The lowest BCUT2D eigenvalue weighted by Crippen LogP contribution is -2.47. The molecule has 5 rings (SSSR count). The fourth-order valence-electron chi connectivity index (χ4n) is 4.65. The van der Waals surface area contributed by atoms with E-state index in [9.17, 15) is 15.3 Å². The third-order valence-corrected chi connectivity index (χ3v) is 7.00. The molecule has 160 valence electrons. The van der Waals surface area contributed by atoms with E-state index in [1.165, 1.54) is 24.0 Å². The highest BCUT2D eigenvalue weighted by Gasteiger charge is 2.39. The Labute approximate surface area is 181 Å². The zero-order valence-electron chi connectivity index (χ0n) is 16.8. The fourth-order valence-corrected chi connectivity index (χ4v) is 4.95. The molecule has 1 aliphatic carbocycles. The van der Waals surface area contributed by atoms with Gasteiger partial charge in [0.2, 0.25) is 0 Å². The van der Waals surface area contributed by atoms with Crippen LogP contribution in [0.5, 0.6) is 5.75 Å². The lowest BCUT2D eigenvalue weighted by Gasteiger charge is -2.37. The summed E-state index contributed by atoms with van der Waals surface area (Å²) in [7, 11) is 0. The Kier molecular flexibility index (Phi) is 5.50. The molecule has 30 heavy (non-hydrogen) atoms. The van der Waals surface area contributed by atoms with E-state index in [0.717, 1.165) is 39.8 Å². The van der Waals surface area contributed by atoms with Crippen molar-refractivity contribution in [3.05, 3.63) is 63.2 Å². The third kappa shape index (κ3) is 3.74. The number of rotatable bonds is 5. The highest BCUT2D eigenvalue weighted by Crippen LogP contribution is 2.45. The summed E-state index contributed by atoms with van der Waals surface area (Å²) in [6, 6.07) is 10.8. The van der Waals surface area contributed by atoms with Crippen LogP contribution in [-0.2, 0) is 17.6 Å². The van der Waals surface area contributed by atoms with Crippen LogP contribution in [0.15, 0.2) is 30.3 Å². The van der Waals surface area contributed by atoms with E-state index in [1.807, 2.05) is 6.07 Å². The number of aliphatic hydroxyl groups is 3. The minimum atomic E-state index is -1.10. The maximum absolute atomic E-state index is 10.3. The van der Waals surface area contributed by atoms with E-state index in [0.29, 0.717) is 13.0 Å². The molecule has 3 N–H and O–H groups in total. The zero-order chi connectivity index (χ0) is 20.8. The van der Waals surface area contributed by atoms with Crippen LogP contribution >= 0.6 is 11.6 Å². The van der Waals surface area contributed by atoms with Crippen molar-refractivity contribution < 1.29 is 24.8 Å². The van der Waals surface area contributed by atoms with Crippen molar-refractivity contribution in [2.45, 2.75) is 62.4 Å². The first-order chi connectivity index (χ1) is 14.5. The molecule has 0 aromatic heterocycles. The van der Waals surface area contributed by atoms with Crippen molar-refractivity contribution in [3.63, 3.8) is 0 Å². The second-order valence-corrected chi connectivity index (χ2v) is 9.06. The Bertz CT molecular complexity index is 924. The van der Waals surface area contributed by atoms with Gasteiger partial charge in [-0.2, -0.15) is 0 Å². The second kappa shape index (κ2) is 8.13. The van der Waals surface area contributed by atoms with Gasteiger partial charge in [0.25, 0.3) is 0 Å². The molecule has 0 bridgehead atoms. The zero-order valence-corrected chi connectivity index (χ0v) is 17.5. The molecule has 2 aromatic rings. The summed E-state index contributed by atoms with van der Waals surface area (Å²) in [5, 5.41) is 30.6. The summed E-state index contributed by atoms with van der Waals surface area (Å²) in [6.07, 6.45) is 0.883. The maximum atomic E-state index is 10.3. The predicted octanol–water partition coefficient (Wildman–Crippen LogP) is 3.29. The average Bonchev–Trinajstić information content (AvgIpc) is 3.48. The van der Waals surface area contributed by atoms with Gasteiger partial charge in [-0.05, 0) is 47.9 Å². The molecular formula is C24H27ClO5. The van der Waals surface area contributed by atoms with Crippen molar-refractivity contribution in [2.24, 2.45) is 0 Å². The van der Waals surface area contributed by atoms with Crippen LogP contribution in [0.1, 0.15) is 59.1 Å². The molecule has 0 radical (unpaired) electrons. The molecule has 6 heteroatoms. The van der Waals surface area contributed by atoms with Gasteiger partial charge >= 0.3 is 0 Å². The Hall–Kier alpha value is -1.63. The number of benzene rings is 2. The SMILES string of the molecule is OCC1OC(c2cc(Cc3ccc(C4CC4)cc3)c(Cl)c3c2OCC3)CC(O)[C@@H]1O. The molecule has 3 aliphatic rings. The molecule has 2 aliphatic heterocycles. The van der Waals surface area contributed by atoms with Gasteiger partial charge in [-0.1, -0.05) is 35.9 Å². The topological polar surface area (TPSA) is 79.2 Å². The monoisotopic (exact) mass is 430 g/mol. The minimum Gasteiger partial charge on any atom is -0.493 e. The van der Waals surface area contributed by atoms with E-state index in [-0.39, 0.29) is 13.0 Å². The summed E-state index contributed by atoms with van der Waals surface area (Å²) < 4.78 is 11.8. The summed E-state index contributed by atoms with van der Waals surface area (Å²) in [6.45, 7) is 0.203. The van der Waals surface area contributed by atoms with Crippen molar-refractivity contribution in [1.82, 2.24) is 0 Å². The standard InChI is InChI=1S/C24H27ClO5/c25-22-16(9-13-1-3-14(4-2-13)15-5-6-15)10-18(24-17(22)7-8-29-24)20-11-19(27)23(28)21(12-26)30-20/h1-4,10,15,19-21,23,26-28H,5-9,11-12H2/t19?,20?,21?,23-/m0/s1. The number of fused-ring (bicyclic) bond motifs is 1. The molecule has 0 amide bonds. The summed E-state index contributed by atoms with van der Waals surface area (Å²) >= 11 is 6.76. The molecule has 4 atom stereocenters. The Morgan fingerprint density at radius 1 is 1.10 bits per heavy atom. The summed E-state index contributed by atoms with van der Waals surface area (Å²) in [5.41, 5.74) is 5.41. The van der Waals surface area contributed by atoms with Crippen molar-refractivity contribution in [2.75, 3.05) is 13.2 Å². The van der Waals surface area contributed by atoms with Gasteiger partial charge in [0, 0.05) is 24.0 Å². The molecule has 0 spiro atoms. The largest absolute Gasteiger partial charge is 0.493 e. The molecule has 1 saturated carbocycles. The quantitative estimate of drug-likeness (QED) is 0.678. The summed E-state index contributed by atoms with van der Waals surface area (Å²) in [5.74, 6) is 1.45. The number of halogens is 1. The summed E-state index contributed by atoms with van der Waals surface area (Å²) in [4.78, 5) is 0. The van der Waals surface area contributed by atoms with Crippen molar-refractivity contribution in [1.29, 1.82) is 0 Å². The van der Waals surface area contributed by atoms with Gasteiger partial charge in [-0.3, -0.25) is 0 Å². The van der Waals surface area contributed by atoms with E-state index in [2.05, 4.69) is 24.3 Å². The van der Waals surface area contributed by atoms with Crippen molar-refractivity contribution in [3.8, 4) is 5.75 Å². The van der Waals surface area contributed by atoms with E-state index in [1.54, 1.807) is 0 Å². The average molecular weight is 431 g/mol. The smallest absolute Gasteiger partial charge is 0.129 e. The maximum Gasteiger partial charge on any atom is 0.129 e. The Morgan fingerprint density at radius 3 is 2.57 bits per heavy atom. The first-order valence-electron chi connectivity index (χ1n) is 10.7. The Balaban J connectivity index is 1.47. The van der Waals surface area contributed by atoms with Crippen LogP contribution in [0.25, 0.3) is 0 Å². The molecule has 2 fully saturated rings. The van der Waals surface area contributed by atoms with Crippen LogP contribution in [0.2, 0.25) is 5.02 Å². The van der Waals surface area contributed by atoms with Gasteiger partial charge < -0.3 is 24.8 Å². The van der Waals surface area contributed by atoms with Gasteiger partial charge in [0.15, 0.2) is 0 Å². The molecule has 2 aromatic carbocycles. The molecule has 3 unspecified atom stereocenters. The number of aliphatic hydroxyl groups excluding tert-OH is 3. The lowest BCUT2D eigenvalue weighted by molar-refractivity contribution is -0.181. The van der Waals surface area contributed by atoms with Gasteiger partial charge in [0.1, 0.15) is 18.0 Å². The first-order valence-corrected chi connectivity index (χ1v) is 11.1. The molecule has 5 nitrogen and oxygen atoms in total. The van der Waals surface area contributed by atoms with E-state index in [4.69, 9.17) is 21.1 Å². The third-order valence-electron chi connectivity index (χ3n) is 6.53. The normalized spacial score (nSPS) is 28.3. The lowest BCUT2D eigenvalue weighted by atomic mass is 9.90. The van der Waals surface area contributed by atoms with Gasteiger partial charge in [0.05, 0.1) is 30.4 Å². The minimum absolute atomic E-state index is 0.241. The van der Waals surface area contributed by atoms with Crippen LogP contribution in [0, 0.1) is 0 Å². The van der Waals surface area contributed by atoms with Crippen molar-refractivity contribution >= 4 is 11.6 Å². The molecule has 1 saturated heterocycles. The highest BCUT2D eigenvalue weighted by atomic mass is 35.5. The van der Waals surface area contributed by atoms with E-state index >= 15 is 0 Å². The number of hydrogen-bond acceptors (Lipinski definition) is 5. The van der Waals surface area contributed by atoms with E-state index < -0.39 is 24.4 Å². The first kappa shape index (κ1) is 20.3. The number of ether oxygens (including phenoxy) is 2. The number of hydrogen-bond donors (Lipinski definition) is 3. The molecule has 2 heterocycles. The van der Waals surface area contributed by atoms with Crippen LogP contribution in [-0.4, -0.2) is 46.8 Å². The van der Waals surface area contributed by atoms with Crippen LogP contribution < -0.4 is 4.74 Å². The second-order valence-electron chi connectivity index (χ2n) is 8.68. The fraction of sp³-hybridized carbons (Fsp3) is 0.500. The van der Waals surface area contributed by atoms with Gasteiger partial charge in [-0.25, -0.2) is 0 Å². The Morgan fingerprint density at radius 2 is 1.87 bits per heavy atom. The van der Waals surface area contributed by atoms with Crippen LogP contribution in [0.3, 0.4) is 0 Å². The van der Waals surface area contributed by atoms with Crippen LogP contribution in [0.4, 0.5) is 0 Å².